The molecule has 0 aliphatic heterocycles. The maximum Gasteiger partial charge on any atom is 0.330 e. The van der Waals surface area contributed by atoms with Crippen molar-refractivity contribution in [3.05, 3.63) is 12.7 Å². The van der Waals surface area contributed by atoms with Crippen LogP contribution in [0.2, 0.25) is 0 Å². The van der Waals surface area contributed by atoms with Crippen LogP contribution in [0.25, 0.3) is 0 Å². The van der Waals surface area contributed by atoms with Crippen molar-refractivity contribution in [2.24, 2.45) is 0 Å². The normalized spacial score (nSPS) is 8.23. The number of carbonyl (C=O) groups excluding carboxylic acids is 1. The molecule has 0 saturated carbocycles. The molecule has 0 rings (SSSR count). The molecular weight excluding hydrogens is 215 g/mol. The lowest BCUT2D eigenvalue weighted by molar-refractivity contribution is -0.137. The van der Waals surface area contributed by atoms with E-state index in [1.54, 1.807) is 0 Å². The van der Waals surface area contributed by atoms with Gasteiger partial charge in [-0.05, 0) is 12.8 Å². The molecule has 0 atom stereocenters. The Hall–Kier alpha value is -0.250. The van der Waals surface area contributed by atoms with Gasteiger partial charge >= 0.3 is 5.97 Å². The molecule has 78 valence electrons. The lowest BCUT2D eigenvalue weighted by atomic mass is 10.3. The Morgan fingerprint density at radius 3 is 2.38 bits per heavy atom. The van der Waals surface area contributed by atoms with E-state index < -0.39 is 5.97 Å². The average molecular weight is 229 g/mol. The first-order valence-corrected chi connectivity index (χ1v) is 4.81. The summed E-state index contributed by atoms with van der Waals surface area (Å²) in [6.45, 7) is 3.75. The van der Waals surface area contributed by atoms with Gasteiger partial charge in [0.05, 0.1) is 11.9 Å². The molecule has 0 aliphatic rings. The topological polar surface area (TPSA) is 46.5 Å². The van der Waals surface area contributed by atoms with Gasteiger partial charge in [-0.25, -0.2) is 4.79 Å². The number of hydrogen-bond donors (Lipinski definition) is 1. The van der Waals surface area contributed by atoms with E-state index in [0.717, 1.165) is 6.08 Å². The molecule has 1 N–H and O–H groups in total. The van der Waals surface area contributed by atoms with Crippen LogP contribution in [0.4, 0.5) is 0 Å². The fourth-order valence-electron chi connectivity index (χ4n) is 0.446. The highest BCUT2D eigenvalue weighted by molar-refractivity contribution is 6.40. The highest BCUT2D eigenvalue weighted by Crippen LogP contribution is 1.88. The first-order valence-electron chi connectivity index (χ1n) is 3.74. The van der Waals surface area contributed by atoms with Gasteiger partial charge in [0, 0.05) is 12.7 Å². The van der Waals surface area contributed by atoms with Gasteiger partial charge in [-0.2, -0.15) is 0 Å². The Kier molecular flexibility index (Phi) is 16.7. The first kappa shape index (κ1) is 15.2. The molecule has 0 radical (unpaired) electrons. The van der Waals surface area contributed by atoms with Crippen molar-refractivity contribution in [3.8, 4) is 0 Å². The Morgan fingerprint density at radius 2 is 2.00 bits per heavy atom. The number of unbranched alkanes of at least 4 members (excludes halogenated alkanes) is 1. The number of aliphatic hydroxyl groups excluding tert-OH is 1. The van der Waals surface area contributed by atoms with Gasteiger partial charge in [0.1, 0.15) is 0 Å². The zero-order valence-electron chi connectivity index (χ0n) is 7.34. The van der Waals surface area contributed by atoms with Gasteiger partial charge in [0.25, 0.3) is 0 Å². The van der Waals surface area contributed by atoms with E-state index >= 15 is 0 Å². The molecule has 0 fully saturated rings. The minimum Gasteiger partial charge on any atom is -0.463 e. The Morgan fingerprint density at radius 1 is 1.46 bits per heavy atom. The van der Waals surface area contributed by atoms with Crippen molar-refractivity contribution in [2.45, 2.75) is 12.8 Å². The largest absolute Gasteiger partial charge is 0.463 e. The number of aliphatic hydroxyl groups is 1. The van der Waals surface area contributed by atoms with Gasteiger partial charge in [0.2, 0.25) is 0 Å². The van der Waals surface area contributed by atoms with E-state index in [9.17, 15) is 4.79 Å². The smallest absolute Gasteiger partial charge is 0.330 e. The Bertz CT molecular complexity index is 129. The second kappa shape index (κ2) is 14.3. The van der Waals surface area contributed by atoms with E-state index in [0.29, 0.717) is 19.4 Å². The molecule has 3 nitrogen and oxygen atoms in total. The number of ether oxygens (including phenoxy) is 1. The third-order valence-corrected chi connectivity index (χ3v) is 0.963. The van der Waals surface area contributed by atoms with E-state index in [4.69, 9.17) is 28.3 Å². The summed E-state index contributed by atoms with van der Waals surface area (Å²) in [5.41, 5.74) is 0. The fourth-order valence-corrected chi connectivity index (χ4v) is 0.446. The van der Waals surface area contributed by atoms with Crippen LogP contribution in [0.5, 0.6) is 0 Å². The fraction of sp³-hybridized carbons (Fsp3) is 0.625. The molecule has 0 aromatic carbocycles. The number of rotatable bonds is 5. The molecule has 0 unspecified atom stereocenters. The summed E-state index contributed by atoms with van der Waals surface area (Å²) in [6, 6.07) is 0. The quantitative estimate of drug-likeness (QED) is 0.339. The van der Waals surface area contributed by atoms with Crippen molar-refractivity contribution in [3.63, 3.8) is 0 Å². The lowest BCUT2D eigenvalue weighted by Gasteiger charge is -1.98. The van der Waals surface area contributed by atoms with Gasteiger partial charge < -0.3 is 9.84 Å². The van der Waals surface area contributed by atoms with Crippen LogP contribution in [0.15, 0.2) is 12.7 Å². The van der Waals surface area contributed by atoms with Crippen LogP contribution in [0.3, 0.4) is 0 Å². The average Bonchev–Trinajstić information content (AvgIpc) is 2.13. The van der Waals surface area contributed by atoms with Crippen molar-refractivity contribution in [1.82, 2.24) is 0 Å². The number of alkyl halides is 2. The highest BCUT2D eigenvalue weighted by atomic mass is 35.5. The van der Waals surface area contributed by atoms with Crippen LogP contribution in [0.1, 0.15) is 12.8 Å². The third kappa shape index (κ3) is 18.6. The first-order chi connectivity index (χ1) is 6.22. The van der Waals surface area contributed by atoms with Crippen LogP contribution >= 0.6 is 23.2 Å². The second-order valence-corrected chi connectivity index (χ2v) is 2.71. The molecule has 0 saturated heterocycles. The van der Waals surface area contributed by atoms with Crippen molar-refractivity contribution in [1.29, 1.82) is 0 Å². The number of hydrogen-bond acceptors (Lipinski definition) is 3. The maximum absolute atomic E-state index is 10.4. The summed E-state index contributed by atoms with van der Waals surface area (Å²) in [6.07, 6.45) is 2.50. The number of halogens is 2. The molecule has 0 aliphatic carbocycles. The van der Waals surface area contributed by atoms with E-state index in [2.05, 4.69) is 11.3 Å². The molecule has 0 spiro atoms. The summed E-state index contributed by atoms with van der Waals surface area (Å²) in [5, 5.41) is 8.52. The summed E-state index contributed by atoms with van der Waals surface area (Å²) in [5.74, 6) is -0.405. The minimum absolute atomic E-state index is 0.144. The van der Waals surface area contributed by atoms with Crippen LogP contribution in [0, 0.1) is 0 Å². The predicted molar refractivity (Wildman–Crippen MR) is 54.0 cm³/mol. The summed E-state index contributed by atoms with van der Waals surface area (Å²) in [4.78, 5) is 10.4. The highest BCUT2D eigenvalue weighted by Gasteiger charge is 1.92. The monoisotopic (exact) mass is 228 g/mol. The molecule has 0 bridgehead atoms. The molecule has 5 heteroatoms. The minimum atomic E-state index is -0.405. The number of esters is 1. The van der Waals surface area contributed by atoms with Crippen LogP contribution in [-0.2, 0) is 9.53 Å². The molecule has 0 amide bonds. The maximum atomic E-state index is 10.4. The Balaban J connectivity index is 0. The third-order valence-electron chi connectivity index (χ3n) is 0.963. The van der Waals surface area contributed by atoms with Crippen molar-refractivity contribution in [2.75, 3.05) is 18.6 Å². The summed E-state index contributed by atoms with van der Waals surface area (Å²) < 4.78 is 4.63. The molecule has 13 heavy (non-hydrogen) atoms. The zero-order valence-corrected chi connectivity index (χ0v) is 8.85. The molecule has 0 aromatic rings. The summed E-state index contributed by atoms with van der Waals surface area (Å²) in [7, 11) is 0. The van der Waals surface area contributed by atoms with Crippen LogP contribution < -0.4 is 0 Å². The summed E-state index contributed by atoms with van der Waals surface area (Å²) >= 11 is 9.53. The number of carbonyl (C=O) groups is 1. The zero-order chi connectivity index (χ0) is 10.5. The van der Waals surface area contributed by atoms with Crippen molar-refractivity contribution >= 4 is 29.2 Å². The van der Waals surface area contributed by atoms with E-state index in [-0.39, 0.29) is 11.9 Å². The molecule has 0 aromatic heterocycles. The molecule has 0 heterocycles. The SMILES string of the molecule is C=CC(=O)OCCCCO.ClCCl. The molecular formula is C8H14Cl2O3. The van der Waals surface area contributed by atoms with Gasteiger partial charge in [-0.3, -0.25) is 0 Å². The lowest BCUT2D eigenvalue weighted by Crippen LogP contribution is -2.02. The van der Waals surface area contributed by atoms with Gasteiger partial charge in [0.15, 0.2) is 0 Å². The van der Waals surface area contributed by atoms with E-state index in [1.165, 1.54) is 0 Å². The predicted octanol–water partition coefficient (Wildman–Crippen LogP) is 1.91. The van der Waals surface area contributed by atoms with Gasteiger partial charge in [-0.15, -0.1) is 23.2 Å². The standard InChI is InChI=1S/C7H12O3.CH2Cl2/c1-2-7(9)10-6-4-3-5-8;2-1-3/h2,8H,1,3-6H2;1H2. The van der Waals surface area contributed by atoms with E-state index in [1.807, 2.05) is 0 Å². The second-order valence-electron chi connectivity index (χ2n) is 1.90. The van der Waals surface area contributed by atoms with Crippen LogP contribution in [-0.4, -0.2) is 29.6 Å². The van der Waals surface area contributed by atoms with Gasteiger partial charge in [-0.1, -0.05) is 6.58 Å². The Labute approximate surface area is 88.3 Å². The van der Waals surface area contributed by atoms with Crippen molar-refractivity contribution < 1.29 is 14.6 Å².